The van der Waals surface area contributed by atoms with Crippen LogP contribution in [0.2, 0.25) is 0 Å². The molecule has 0 amide bonds. The van der Waals surface area contributed by atoms with E-state index in [4.69, 9.17) is 14.2 Å². The number of hydrogen-bond donors (Lipinski definition) is 0. The summed E-state index contributed by atoms with van der Waals surface area (Å²) in [5.74, 6) is 3.67. The molecule has 2 aromatic rings. The number of benzene rings is 2. The first-order valence-electron chi connectivity index (χ1n) is 8.82. The Hall–Kier alpha value is -2.16. The van der Waals surface area contributed by atoms with Crippen molar-refractivity contribution >= 4 is 0 Å². The van der Waals surface area contributed by atoms with E-state index in [2.05, 4.69) is 51.1 Å². The van der Waals surface area contributed by atoms with Crippen LogP contribution >= 0.6 is 0 Å². The smallest absolute Gasteiger partial charge is 0.160 e. The average molecular weight is 342 g/mol. The highest BCUT2D eigenvalue weighted by Crippen LogP contribution is 2.30. The number of aryl methyl sites for hydroxylation is 1. The van der Waals surface area contributed by atoms with E-state index in [9.17, 15) is 0 Å². The van der Waals surface area contributed by atoms with Crippen molar-refractivity contribution in [1.82, 2.24) is 0 Å². The highest BCUT2D eigenvalue weighted by Gasteiger charge is 2.15. The topological polar surface area (TPSA) is 27.7 Å². The second-order valence-electron chi connectivity index (χ2n) is 6.86. The Labute approximate surface area is 151 Å². The van der Waals surface area contributed by atoms with Crippen molar-refractivity contribution in [3.8, 4) is 17.2 Å². The Morgan fingerprint density at radius 1 is 0.680 bits per heavy atom. The molecule has 2 unspecified atom stereocenters. The molecule has 0 fully saturated rings. The summed E-state index contributed by atoms with van der Waals surface area (Å²) >= 11 is 0. The van der Waals surface area contributed by atoms with E-state index in [1.807, 2.05) is 6.07 Å². The summed E-state index contributed by atoms with van der Waals surface area (Å²) in [5, 5.41) is 0. The minimum atomic E-state index is 0.561. The van der Waals surface area contributed by atoms with Gasteiger partial charge in [0.25, 0.3) is 0 Å². The van der Waals surface area contributed by atoms with E-state index < -0.39 is 0 Å². The molecule has 0 radical (unpaired) electrons. The Balaban J connectivity index is 2.04. The largest absolute Gasteiger partial charge is 0.496 e. The Morgan fingerprint density at radius 2 is 1.16 bits per heavy atom. The van der Waals surface area contributed by atoms with Crippen LogP contribution < -0.4 is 14.2 Å². The maximum atomic E-state index is 5.44. The molecule has 2 aromatic carbocycles. The van der Waals surface area contributed by atoms with Crippen LogP contribution in [-0.2, 0) is 12.8 Å². The van der Waals surface area contributed by atoms with Crippen molar-refractivity contribution in [3.63, 3.8) is 0 Å². The lowest BCUT2D eigenvalue weighted by molar-refractivity contribution is 0.352. The summed E-state index contributed by atoms with van der Waals surface area (Å²) in [7, 11) is 5.08. The average Bonchev–Trinajstić information content (AvgIpc) is 2.62. The van der Waals surface area contributed by atoms with Gasteiger partial charge in [-0.25, -0.2) is 0 Å². The van der Waals surface area contributed by atoms with Crippen LogP contribution in [0.15, 0.2) is 36.4 Å². The number of ether oxygens (including phenoxy) is 3. The molecule has 0 aromatic heterocycles. The highest BCUT2D eigenvalue weighted by atomic mass is 16.5. The molecule has 136 valence electrons. The van der Waals surface area contributed by atoms with Crippen molar-refractivity contribution in [2.24, 2.45) is 11.8 Å². The van der Waals surface area contributed by atoms with Crippen molar-refractivity contribution in [1.29, 1.82) is 0 Å². The molecular weight excluding hydrogens is 312 g/mol. The van der Waals surface area contributed by atoms with Gasteiger partial charge in [0.15, 0.2) is 11.5 Å². The summed E-state index contributed by atoms with van der Waals surface area (Å²) in [6, 6.07) is 12.7. The molecule has 0 aliphatic carbocycles. The molecule has 0 N–H and O–H groups in total. The Morgan fingerprint density at radius 3 is 1.68 bits per heavy atom. The van der Waals surface area contributed by atoms with E-state index in [-0.39, 0.29) is 0 Å². The van der Waals surface area contributed by atoms with Gasteiger partial charge in [-0.05, 0) is 66.5 Å². The van der Waals surface area contributed by atoms with Gasteiger partial charge in [0, 0.05) is 0 Å². The molecule has 2 rings (SSSR count). The zero-order valence-corrected chi connectivity index (χ0v) is 16.3. The van der Waals surface area contributed by atoms with E-state index >= 15 is 0 Å². The molecule has 0 aliphatic rings. The number of hydrogen-bond acceptors (Lipinski definition) is 3. The SMILES string of the molecule is COc1cc(CC(C)C(C)Cc2ccc(OC)c(OC)c2)ccc1C. The van der Waals surface area contributed by atoms with Gasteiger partial charge in [-0.2, -0.15) is 0 Å². The maximum Gasteiger partial charge on any atom is 0.160 e. The van der Waals surface area contributed by atoms with Gasteiger partial charge in [0.1, 0.15) is 5.75 Å². The normalized spacial score (nSPS) is 13.2. The fraction of sp³-hybridized carbons (Fsp3) is 0.455. The lowest BCUT2D eigenvalue weighted by Crippen LogP contribution is -2.14. The van der Waals surface area contributed by atoms with Gasteiger partial charge >= 0.3 is 0 Å². The highest BCUT2D eigenvalue weighted by molar-refractivity contribution is 5.43. The minimum Gasteiger partial charge on any atom is -0.496 e. The predicted molar refractivity (Wildman–Crippen MR) is 103 cm³/mol. The third kappa shape index (κ3) is 4.91. The maximum absolute atomic E-state index is 5.44. The van der Waals surface area contributed by atoms with Crippen LogP contribution in [0.5, 0.6) is 17.2 Å². The molecule has 3 nitrogen and oxygen atoms in total. The van der Waals surface area contributed by atoms with Crippen LogP contribution in [0, 0.1) is 18.8 Å². The van der Waals surface area contributed by atoms with Gasteiger partial charge in [-0.15, -0.1) is 0 Å². The van der Waals surface area contributed by atoms with Crippen molar-refractivity contribution in [2.75, 3.05) is 21.3 Å². The first-order chi connectivity index (χ1) is 12.0. The van der Waals surface area contributed by atoms with Gasteiger partial charge in [-0.1, -0.05) is 32.0 Å². The molecule has 3 heteroatoms. The van der Waals surface area contributed by atoms with Crippen LogP contribution in [0.25, 0.3) is 0 Å². The molecule has 0 bridgehead atoms. The molecule has 0 heterocycles. The first-order valence-corrected chi connectivity index (χ1v) is 8.82. The number of rotatable bonds is 8. The summed E-state index contributed by atoms with van der Waals surface area (Å²) < 4.78 is 16.2. The Bertz CT molecular complexity index is 694. The lowest BCUT2D eigenvalue weighted by Gasteiger charge is -2.21. The molecule has 0 spiro atoms. The summed E-state index contributed by atoms with van der Waals surface area (Å²) in [5.41, 5.74) is 3.78. The van der Waals surface area contributed by atoms with Crippen LogP contribution in [-0.4, -0.2) is 21.3 Å². The summed E-state index contributed by atoms with van der Waals surface area (Å²) in [4.78, 5) is 0. The van der Waals surface area contributed by atoms with Crippen molar-refractivity contribution in [3.05, 3.63) is 53.1 Å². The van der Waals surface area contributed by atoms with E-state index in [1.54, 1.807) is 21.3 Å². The quantitative estimate of drug-likeness (QED) is 0.670. The molecular formula is C22H30O3. The van der Waals surface area contributed by atoms with Crippen molar-refractivity contribution < 1.29 is 14.2 Å². The van der Waals surface area contributed by atoms with Gasteiger partial charge in [-0.3, -0.25) is 0 Å². The van der Waals surface area contributed by atoms with Gasteiger partial charge in [0.05, 0.1) is 21.3 Å². The zero-order valence-electron chi connectivity index (χ0n) is 16.3. The standard InChI is InChI=1S/C22H30O3/c1-15-7-8-18(13-21(15)24-5)11-16(2)17(3)12-19-9-10-20(23-4)22(14-19)25-6/h7-10,13-14,16-17H,11-12H2,1-6H3. The van der Waals surface area contributed by atoms with Crippen LogP contribution in [0.4, 0.5) is 0 Å². The van der Waals surface area contributed by atoms with Crippen LogP contribution in [0.3, 0.4) is 0 Å². The summed E-state index contributed by atoms with van der Waals surface area (Å²) in [6.45, 7) is 6.70. The monoisotopic (exact) mass is 342 g/mol. The summed E-state index contributed by atoms with van der Waals surface area (Å²) in [6.07, 6.45) is 2.07. The minimum absolute atomic E-state index is 0.561. The predicted octanol–water partition coefficient (Wildman–Crippen LogP) is 5.08. The Kier molecular flexibility index (Phi) is 6.74. The fourth-order valence-corrected chi connectivity index (χ4v) is 3.14. The van der Waals surface area contributed by atoms with E-state index in [1.165, 1.54) is 16.7 Å². The zero-order chi connectivity index (χ0) is 18.4. The van der Waals surface area contributed by atoms with E-state index in [0.717, 1.165) is 30.1 Å². The second kappa shape index (κ2) is 8.80. The number of methoxy groups -OCH3 is 3. The third-order valence-corrected chi connectivity index (χ3v) is 5.01. The third-order valence-electron chi connectivity index (χ3n) is 5.01. The molecule has 2 atom stereocenters. The van der Waals surface area contributed by atoms with Gasteiger partial charge < -0.3 is 14.2 Å². The molecule has 0 saturated heterocycles. The molecule has 0 saturated carbocycles. The van der Waals surface area contributed by atoms with Gasteiger partial charge in [0.2, 0.25) is 0 Å². The fourth-order valence-electron chi connectivity index (χ4n) is 3.14. The molecule has 0 aliphatic heterocycles. The van der Waals surface area contributed by atoms with Crippen LogP contribution in [0.1, 0.15) is 30.5 Å². The second-order valence-corrected chi connectivity index (χ2v) is 6.86. The first kappa shape index (κ1) is 19.2. The van der Waals surface area contributed by atoms with Crippen molar-refractivity contribution in [2.45, 2.75) is 33.6 Å². The lowest BCUT2D eigenvalue weighted by atomic mass is 9.85. The van der Waals surface area contributed by atoms with E-state index in [0.29, 0.717) is 11.8 Å². The molecule has 25 heavy (non-hydrogen) atoms.